The molecular formula is C17H21N5O3. The van der Waals surface area contributed by atoms with Gasteiger partial charge in [-0.25, -0.2) is 4.98 Å². The number of hydrogen-bond donors (Lipinski definition) is 2. The number of anilines is 2. The lowest BCUT2D eigenvalue weighted by Crippen LogP contribution is -2.15. The van der Waals surface area contributed by atoms with Gasteiger partial charge >= 0.3 is 5.69 Å². The molecule has 25 heavy (non-hydrogen) atoms. The molecule has 0 radical (unpaired) electrons. The predicted octanol–water partition coefficient (Wildman–Crippen LogP) is 3.53. The number of rotatable bonds is 8. The summed E-state index contributed by atoms with van der Waals surface area (Å²) < 4.78 is 5.42. The fourth-order valence-electron chi connectivity index (χ4n) is 2.62. The van der Waals surface area contributed by atoms with E-state index in [4.69, 9.17) is 4.74 Å². The molecule has 0 bridgehead atoms. The molecule has 1 aromatic heterocycles. The topological polar surface area (TPSA) is 102 Å². The zero-order valence-corrected chi connectivity index (χ0v) is 14.2. The van der Waals surface area contributed by atoms with E-state index in [0.717, 1.165) is 30.6 Å². The van der Waals surface area contributed by atoms with Crippen molar-refractivity contribution in [3.8, 4) is 5.75 Å². The van der Waals surface area contributed by atoms with Gasteiger partial charge in [-0.1, -0.05) is 25.1 Å². The quantitative estimate of drug-likeness (QED) is 0.558. The van der Waals surface area contributed by atoms with Crippen molar-refractivity contribution in [2.45, 2.75) is 38.3 Å². The van der Waals surface area contributed by atoms with Crippen LogP contribution in [0, 0.1) is 10.1 Å². The molecule has 132 valence electrons. The molecule has 0 saturated heterocycles. The highest BCUT2D eigenvalue weighted by Gasteiger charge is 2.27. The smallest absolute Gasteiger partial charge is 0.329 e. The first-order valence-electron chi connectivity index (χ1n) is 8.29. The summed E-state index contributed by atoms with van der Waals surface area (Å²) in [6.07, 6.45) is 4.03. The number of benzene rings is 1. The van der Waals surface area contributed by atoms with Crippen LogP contribution >= 0.6 is 0 Å². The van der Waals surface area contributed by atoms with Gasteiger partial charge in [0, 0.05) is 11.6 Å². The lowest BCUT2D eigenvalue weighted by atomic mass is 10.0. The van der Waals surface area contributed by atoms with Crippen LogP contribution in [0.25, 0.3) is 0 Å². The van der Waals surface area contributed by atoms with Crippen LogP contribution in [0.2, 0.25) is 0 Å². The van der Waals surface area contributed by atoms with E-state index in [9.17, 15) is 10.1 Å². The van der Waals surface area contributed by atoms with Crippen molar-refractivity contribution in [1.29, 1.82) is 0 Å². The zero-order valence-electron chi connectivity index (χ0n) is 14.2. The van der Waals surface area contributed by atoms with Gasteiger partial charge in [0.05, 0.1) is 18.1 Å². The molecule has 8 heteroatoms. The molecule has 1 saturated carbocycles. The van der Waals surface area contributed by atoms with Crippen LogP contribution in [0.5, 0.6) is 5.75 Å². The van der Waals surface area contributed by atoms with Crippen LogP contribution in [0.15, 0.2) is 30.5 Å². The third-order valence-corrected chi connectivity index (χ3v) is 4.11. The molecule has 2 N–H and O–H groups in total. The van der Waals surface area contributed by atoms with E-state index in [-0.39, 0.29) is 23.6 Å². The van der Waals surface area contributed by atoms with Crippen molar-refractivity contribution >= 4 is 17.5 Å². The van der Waals surface area contributed by atoms with Crippen molar-refractivity contribution in [3.05, 3.63) is 46.1 Å². The third kappa shape index (κ3) is 3.96. The maximum absolute atomic E-state index is 11.2. The van der Waals surface area contributed by atoms with Gasteiger partial charge in [-0.2, -0.15) is 4.98 Å². The molecule has 3 rings (SSSR count). The van der Waals surface area contributed by atoms with Gasteiger partial charge in [0.15, 0.2) is 0 Å². The first-order valence-corrected chi connectivity index (χ1v) is 8.29. The molecule has 0 amide bonds. The van der Waals surface area contributed by atoms with Gasteiger partial charge in [0.25, 0.3) is 0 Å². The molecule has 1 aromatic carbocycles. The fraction of sp³-hybridized carbons (Fsp3) is 0.412. The highest BCUT2D eigenvalue weighted by Crippen LogP contribution is 2.32. The predicted molar refractivity (Wildman–Crippen MR) is 95.0 cm³/mol. The van der Waals surface area contributed by atoms with E-state index >= 15 is 0 Å². The van der Waals surface area contributed by atoms with Gasteiger partial charge in [0.2, 0.25) is 11.8 Å². The molecule has 0 aliphatic heterocycles. The van der Waals surface area contributed by atoms with Crippen LogP contribution in [0.4, 0.5) is 17.5 Å². The van der Waals surface area contributed by atoms with Crippen LogP contribution in [-0.4, -0.2) is 28.0 Å². The van der Waals surface area contributed by atoms with Gasteiger partial charge in [-0.3, -0.25) is 10.1 Å². The maximum atomic E-state index is 11.2. The van der Waals surface area contributed by atoms with Crippen molar-refractivity contribution in [2.24, 2.45) is 0 Å². The Labute approximate surface area is 145 Å². The number of nitro groups is 1. The largest absolute Gasteiger partial charge is 0.496 e. The van der Waals surface area contributed by atoms with E-state index < -0.39 is 4.92 Å². The summed E-state index contributed by atoms with van der Waals surface area (Å²) >= 11 is 0. The molecule has 1 aliphatic rings. The second-order valence-electron chi connectivity index (χ2n) is 5.95. The number of nitrogens with zero attached hydrogens (tertiary/aromatic N) is 3. The summed E-state index contributed by atoms with van der Waals surface area (Å²) in [4.78, 5) is 19.1. The number of ether oxygens (including phenoxy) is 1. The Balaban J connectivity index is 1.86. The molecular weight excluding hydrogens is 322 g/mol. The zero-order chi connectivity index (χ0) is 17.8. The third-order valence-electron chi connectivity index (χ3n) is 4.11. The summed E-state index contributed by atoms with van der Waals surface area (Å²) in [5.74, 6) is 1.39. The Hall–Kier alpha value is -2.90. The Kier molecular flexibility index (Phi) is 4.97. The van der Waals surface area contributed by atoms with Gasteiger partial charge in [-0.15, -0.1) is 0 Å². The van der Waals surface area contributed by atoms with Crippen molar-refractivity contribution in [1.82, 2.24) is 9.97 Å². The lowest BCUT2D eigenvalue weighted by molar-refractivity contribution is -0.384. The minimum absolute atomic E-state index is 0.0635. The molecule has 2 aromatic rings. The van der Waals surface area contributed by atoms with Gasteiger partial charge in [0.1, 0.15) is 11.9 Å². The van der Waals surface area contributed by atoms with Crippen molar-refractivity contribution < 1.29 is 9.66 Å². The summed E-state index contributed by atoms with van der Waals surface area (Å²) in [6.45, 7) is 2.04. The molecule has 1 heterocycles. The van der Waals surface area contributed by atoms with Crippen LogP contribution in [-0.2, 0) is 0 Å². The van der Waals surface area contributed by atoms with E-state index in [0.29, 0.717) is 5.95 Å². The van der Waals surface area contributed by atoms with E-state index in [1.165, 1.54) is 6.20 Å². The maximum Gasteiger partial charge on any atom is 0.329 e. The fourth-order valence-corrected chi connectivity index (χ4v) is 2.62. The number of hydrogen-bond acceptors (Lipinski definition) is 7. The Morgan fingerprint density at radius 3 is 2.80 bits per heavy atom. The summed E-state index contributed by atoms with van der Waals surface area (Å²) in [5.41, 5.74) is 0.883. The SMILES string of the molecule is CC[C@H](Nc1ncc([N+](=O)[O-])c(NC2CC2)n1)c1ccccc1OC. The summed E-state index contributed by atoms with van der Waals surface area (Å²) in [7, 11) is 1.63. The highest BCUT2D eigenvalue weighted by molar-refractivity contribution is 5.58. The normalized spacial score (nSPS) is 14.6. The highest BCUT2D eigenvalue weighted by atomic mass is 16.6. The molecule has 1 atom stereocenters. The Morgan fingerprint density at radius 2 is 2.16 bits per heavy atom. The Morgan fingerprint density at radius 1 is 1.40 bits per heavy atom. The van der Waals surface area contributed by atoms with E-state index in [1.54, 1.807) is 7.11 Å². The minimum Gasteiger partial charge on any atom is -0.496 e. The number of methoxy groups -OCH3 is 1. The number of aromatic nitrogens is 2. The first-order chi connectivity index (χ1) is 12.1. The average Bonchev–Trinajstić information content (AvgIpc) is 3.43. The lowest BCUT2D eigenvalue weighted by Gasteiger charge is -2.20. The minimum atomic E-state index is -0.466. The van der Waals surface area contributed by atoms with Crippen molar-refractivity contribution in [3.63, 3.8) is 0 Å². The molecule has 1 aliphatic carbocycles. The van der Waals surface area contributed by atoms with Crippen LogP contribution in [0.3, 0.4) is 0 Å². The Bertz CT molecular complexity index is 764. The van der Waals surface area contributed by atoms with E-state index in [1.807, 2.05) is 31.2 Å². The van der Waals surface area contributed by atoms with Crippen LogP contribution < -0.4 is 15.4 Å². The number of nitrogens with one attached hydrogen (secondary N) is 2. The molecule has 0 spiro atoms. The van der Waals surface area contributed by atoms with Crippen molar-refractivity contribution in [2.75, 3.05) is 17.7 Å². The molecule has 0 unspecified atom stereocenters. The standard InChI is InChI=1S/C17H21N5O3/c1-3-13(12-6-4-5-7-15(12)25-2)20-17-18-10-14(22(23)24)16(21-17)19-11-8-9-11/h4-7,10-11,13H,3,8-9H2,1-2H3,(H2,18,19,20,21)/t13-/m0/s1. The average molecular weight is 343 g/mol. The van der Waals surface area contributed by atoms with Crippen LogP contribution in [0.1, 0.15) is 37.8 Å². The molecule has 8 nitrogen and oxygen atoms in total. The monoisotopic (exact) mass is 343 g/mol. The summed E-state index contributed by atoms with van der Waals surface area (Å²) in [6, 6.07) is 7.93. The van der Waals surface area contributed by atoms with Gasteiger partial charge < -0.3 is 15.4 Å². The number of para-hydroxylation sites is 1. The first kappa shape index (κ1) is 16.9. The van der Waals surface area contributed by atoms with Gasteiger partial charge in [-0.05, 0) is 25.3 Å². The van der Waals surface area contributed by atoms with E-state index in [2.05, 4.69) is 20.6 Å². The second-order valence-corrected chi connectivity index (χ2v) is 5.95. The second kappa shape index (κ2) is 7.33. The molecule has 1 fully saturated rings. The summed E-state index contributed by atoms with van der Waals surface area (Å²) in [5, 5.41) is 17.5.